The largest absolute Gasteiger partial charge is 0.353 e. The summed E-state index contributed by atoms with van der Waals surface area (Å²) in [6.45, 7) is 0. The van der Waals surface area contributed by atoms with Crippen molar-refractivity contribution in [1.29, 1.82) is 0 Å². The molecule has 1 aromatic carbocycles. The normalized spacial score (nSPS) is 31.8. The summed E-state index contributed by atoms with van der Waals surface area (Å²) >= 11 is 6.06. The Morgan fingerprint density at radius 1 is 1.29 bits per heavy atom. The molecule has 3 N–H and O–H groups in total. The van der Waals surface area contributed by atoms with Crippen molar-refractivity contribution >= 4 is 17.5 Å². The molecule has 2 fully saturated rings. The molecule has 5 heteroatoms. The molecule has 3 rings (SSSR count). The summed E-state index contributed by atoms with van der Waals surface area (Å²) in [7, 11) is 0. The van der Waals surface area contributed by atoms with E-state index in [-0.39, 0.29) is 35.6 Å². The van der Waals surface area contributed by atoms with Crippen LogP contribution in [0, 0.1) is 11.7 Å². The van der Waals surface area contributed by atoms with Gasteiger partial charge in [0.05, 0.1) is 0 Å². The predicted octanol–water partition coefficient (Wildman–Crippen LogP) is 2.97. The lowest BCUT2D eigenvalue weighted by atomic mass is 9.91. The molecule has 2 saturated carbocycles. The molecule has 2 unspecified atom stereocenters. The lowest BCUT2D eigenvalue weighted by Gasteiger charge is -2.26. The second-order valence-corrected chi connectivity index (χ2v) is 6.61. The zero-order valence-corrected chi connectivity index (χ0v) is 12.6. The third kappa shape index (κ3) is 3.22. The number of nitrogens with one attached hydrogen (secondary N) is 1. The number of amides is 1. The first-order valence-electron chi connectivity index (χ1n) is 7.56. The Hall–Kier alpha value is -1.13. The van der Waals surface area contributed by atoms with Gasteiger partial charge in [-0.05, 0) is 44.2 Å². The van der Waals surface area contributed by atoms with Crippen molar-refractivity contribution < 1.29 is 9.18 Å². The van der Waals surface area contributed by atoms with Gasteiger partial charge in [-0.25, -0.2) is 4.39 Å². The van der Waals surface area contributed by atoms with E-state index in [1.165, 1.54) is 6.07 Å². The highest BCUT2D eigenvalue weighted by atomic mass is 35.5. The summed E-state index contributed by atoms with van der Waals surface area (Å²) in [4.78, 5) is 12.3. The van der Waals surface area contributed by atoms with Crippen LogP contribution in [-0.2, 0) is 4.79 Å². The van der Waals surface area contributed by atoms with Crippen molar-refractivity contribution in [2.24, 2.45) is 11.7 Å². The first kappa shape index (κ1) is 14.8. The van der Waals surface area contributed by atoms with Gasteiger partial charge in [0.1, 0.15) is 5.82 Å². The molecule has 0 aliphatic heterocycles. The van der Waals surface area contributed by atoms with E-state index in [1.54, 1.807) is 12.1 Å². The molecule has 1 amide bonds. The Morgan fingerprint density at radius 3 is 2.67 bits per heavy atom. The third-order valence-electron chi connectivity index (χ3n) is 4.62. The molecule has 0 aromatic heterocycles. The SMILES string of the molecule is NC1CCC(NC(=O)C2CC2c2c(F)cccc2Cl)CC1. The summed E-state index contributed by atoms with van der Waals surface area (Å²) in [5, 5.41) is 3.50. The van der Waals surface area contributed by atoms with E-state index in [0.717, 1.165) is 25.7 Å². The van der Waals surface area contributed by atoms with Crippen LogP contribution in [0.5, 0.6) is 0 Å². The number of nitrogens with two attached hydrogens (primary N) is 1. The summed E-state index contributed by atoms with van der Waals surface area (Å²) in [6, 6.07) is 5.15. The van der Waals surface area contributed by atoms with Crippen LogP contribution in [-0.4, -0.2) is 18.0 Å². The van der Waals surface area contributed by atoms with Crippen molar-refractivity contribution in [1.82, 2.24) is 5.32 Å². The average Bonchev–Trinajstić information content (AvgIpc) is 3.21. The second kappa shape index (κ2) is 5.93. The van der Waals surface area contributed by atoms with Crippen molar-refractivity contribution in [2.75, 3.05) is 0 Å². The maximum Gasteiger partial charge on any atom is 0.223 e. The van der Waals surface area contributed by atoms with Crippen LogP contribution in [0.2, 0.25) is 5.02 Å². The van der Waals surface area contributed by atoms with E-state index >= 15 is 0 Å². The van der Waals surface area contributed by atoms with Gasteiger partial charge in [-0.15, -0.1) is 0 Å². The molecule has 3 nitrogen and oxygen atoms in total. The maximum atomic E-state index is 13.8. The van der Waals surface area contributed by atoms with Crippen molar-refractivity contribution in [2.45, 2.75) is 50.1 Å². The first-order valence-corrected chi connectivity index (χ1v) is 7.94. The highest BCUT2D eigenvalue weighted by Crippen LogP contribution is 2.50. The molecule has 114 valence electrons. The Balaban J connectivity index is 1.59. The van der Waals surface area contributed by atoms with Gasteiger partial charge in [-0.2, -0.15) is 0 Å². The minimum atomic E-state index is -0.313. The molecule has 0 heterocycles. The topological polar surface area (TPSA) is 55.1 Å². The average molecular weight is 311 g/mol. The van der Waals surface area contributed by atoms with Gasteiger partial charge in [0.15, 0.2) is 0 Å². The number of hydrogen-bond acceptors (Lipinski definition) is 2. The fraction of sp³-hybridized carbons (Fsp3) is 0.562. The third-order valence-corrected chi connectivity index (χ3v) is 4.95. The Kier molecular flexibility index (Phi) is 4.18. The van der Waals surface area contributed by atoms with Gasteiger partial charge in [-0.3, -0.25) is 4.79 Å². The number of rotatable bonds is 3. The molecule has 0 saturated heterocycles. The van der Waals surface area contributed by atoms with Crippen LogP contribution in [0.1, 0.15) is 43.6 Å². The van der Waals surface area contributed by atoms with Crippen LogP contribution in [0.15, 0.2) is 18.2 Å². The van der Waals surface area contributed by atoms with Crippen LogP contribution in [0.25, 0.3) is 0 Å². The van der Waals surface area contributed by atoms with E-state index in [0.29, 0.717) is 17.0 Å². The standard InChI is InChI=1S/C16H20ClFN2O/c17-13-2-1-3-14(18)15(13)11-8-12(11)16(21)20-10-6-4-9(19)5-7-10/h1-3,9-12H,4-8,19H2,(H,20,21). The quantitative estimate of drug-likeness (QED) is 0.902. The summed E-state index contributed by atoms with van der Waals surface area (Å²) < 4.78 is 13.8. The number of benzene rings is 1. The van der Waals surface area contributed by atoms with Gasteiger partial charge in [0.2, 0.25) is 5.91 Å². The van der Waals surface area contributed by atoms with Gasteiger partial charge in [0, 0.05) is 34.5 Å². The van der Waals surface area contributed by atoms with Crippen LogP contribution >= 0.6 is 11.6 Å². The fourth-order valence-electron chi connectivity index (χ4n) is 3.24. The monoisotopic (exact) mass is 310 g/mol. The minimum Gasteiger partial charge on any atom is -0.353 e. The number of carbonyl (C=O) groups excluding carboxylic acids is 1. The summed E-state index contributed by atoms with van der Waals surface area (Å²) in [5.41, 5.74) is 6.35. The van der Waals surface area contributed by atoms with Gasteiger partial charge in [0.25, 0.3) is 0 Å². The van der Waals surface area contributed by atoms with Crippen molar-refractivity contribution in [3.8, 4) is 0 Å². The van der Waals surface area contributed by atoms with E-state index in [9.17, 15) is 9.18 Å². The molecule has 21 heavy (non-hydrogen) atoms. The Morgan fingerprint density at radius 2 is 2.00 bits per heavy atom. The molecule has 0 spiro atoms. The van der Waals surface area contributed by atoms with Crippen molar-refractivity contribution in [3.05, 3.63) is 34.6 Å². The highest BCUT2D eigenvalue weighted by Gasteiger charge is 2.46. The van der Waals surface area contributed by atoms with Crippen molar-refractivity contribution in [3.63, 3.8) is 0 Å². The molecule has 1 aromatic rings. The van der Waals surface area contributed by atoms with E-state index in [1.807, 2.05) is 0 Å². The van der Waals surface area contributed by atoms with Gasteiger partial charge in [-0.1, -0.05) is 17.7 Å². The van der Waals surface area contributed by atoms with Gasteiger partial charge >= 0.3 is 0 Å². The molecular formula is C16H20ClFN2O. The molecule has 2 aliphatic rings. The molecule has 2 atom stereocenters. The lowest BCUT2D eigenvalue weighted by molar-refractivity contribution is -0.123. The zero-order valence-electron chi connectivity index (χ0n) is 11.8. The number of hydrogen-bond donors (Lipinski definition) is 2. The Labute approximate surface area is 129 Å². The van der Waals surface area contributed by atoms with Crippen LogP contribution < -0.4 is 11.1 Å². The number of carbonyl (C=O) groups is 1. The predicted molar refractivity (Wildman–Crippen MR) is 80.6 cm³/mol. The highest BCUT2D eigenvalue weighted by molar-refractivity contribution is 6.31. The molecule has 0 bridgehead atoms. The fourth-order valence-corrected chi connectivity index (χ4v) is 3.54. The smallest absolute Gasteiger partial charge is 0.223 e. The van der Waals surface area contributed by atoms with Crippen LogP contribution in [0.3, 0.4) is 0 Å². The lowest BCUT2D eigenvalue weighted by Crippen LogP contribution is -2.41. The number of halogens is 2. The molecule has 2 aliphatic carbocycles. The summed E-state index contributed by atoms with van der Waals surface area (Å²) in [5.74, 6) is -0.509. The Bertz CT molecular complexity index is 523. The molecule has 0 radical (unpaired) electrons. The van der Waals surface area contributed by atoms with E-state index in [4.69, 9.17) is 17.3 Å². The minimum absolute atomic E-state index is 0.0276. The van der Waals surface area contributed by atoms with Gasteiger partial charge < -0.3 is 11.1 Å². The van der Waals surface area contributed by atoms with E-state index < -0.39 is 0 Å². The maximum absolute atomic E-state index is 13.8. The summed E-state index contributed by atoms with van der Waals surface area (Å²) in [6.07, 6.45) is 4.46. The van der Waals surface area contributed by atoms with Crippen LogP contribution in [0.4, 0.5) is 4.39 Å². The first-order chi connectivity index (χ1) is 10.1. The zero-order chi connectivity index (χ0) is 15.0. The molecular weight excluding hydrogens is 291 g/mol. The second-order valence-electron chi connectivity index (χ2n) is 6.20. The van der Waals surface area contributed by atoms with E-state index in [2.05, 4.69) is 5.32 Å².